The molecule has 1 rings (SSSR count). The minimum absolute atomic E-state index is 0.200. The Morgan fingerprint density at radius 2 is 1.68 bits per heavy atom. The van der Waals surface area contributed by atoms with Crippen molar-refractivity contribution in [2.45, 2.75) is 33.8 Å². The van der Waals surface area contributed by atoms with Crippen molar-refractivity contribution >= 4 is 6.03 Å². The Hall–Kier alpha value is -0.850. The van der Waals surface area contributed by atoms with Crippen molar-refractivity contribution in [1.29, 1.82) is 0 Å². The van der Waals surface area contributed by atoms with E-state index in [0.717, 1.165) is 32.7 Å². The molecule has 0 saturated carbocycles. The molecule has 2 amide bonds. The smallest absolute Gasteiger partial charge is 0.314 e. The largest absolute Gasteiger partial charge is 0.391 e. The van der Waals surface area contributed by atoms with E-state index < -0.39 is 6.10 Å². The molecule has 0 bridgehead atoms. The second-order valence-electron chi connectivity index (χ2n) is 7.68. The molecule has 1 aliphatic rings. The van der Waals surface area contributed by atoms with Crippen LogP contribution in [-0.4, -0.2) is 79.9 Å². The van der Waals surface area contributed by atoms with Crippen LogP contribution in [0.4, 0.5) is 4.79 Å². The number of hydrogen-bond donors (Lipinski definition) is 3. The minimum atomic E-state index is -0.541. The van der Waals surface area contributed by atoms with Gasteiger partial charge in [-0.15, -0.1) is 0 Å². The van der Waals surface area contributed by atoms with Gasteiger partial charge in [0.15, 0.2) is 0 Å². The first-order valence-electron chi connectivity index (χ1n) is 8.29. The number of nitrogens with zero attached hydrogens (tertiary/aromatic N) is 2. The van der Waals surface area contributed by atoms with E-state index in [2.05, 4.69) is 34.4 Å². The Balaban J connectivity index is 2.15. The summed E-state index contributed by atoms with van der Waals surface area (Å²) in [6.45, 7) is 14.4. The molecule has 0 spiro atoms. The van der Waals surface area contributed by atoms with E-state index in [1.54, 1.807) is 0 Å². The molecule has 2 atom stereocenters. The van der Waals surface area contributed by atoms with Crippen LogP contribution in [0.1, 0.15) is 27.7 Å². The lowest BCUT2D eigenvalue weighted by Crippen LogP contribution is -2.48. The zero-order valence-electron chi connectivity index (χ0n) is 14.9. The zero-order valence-corrected chi connectivity index (χ0v) is 14.9. The first-order valence-corrected chi connectivity index (χ1v) is 8.29. The van der Waals surface area contributed by atoms with Gasteiger partial charge in [0.25, 0.3) is 0 Å². The summed E-state index contributed by atoms with van der Waals surface area (Å²) < 4.78 is 0. The Labute approximate surface area is 135 Å². The van der Waals surface area contributed by atoms with Crippen molar-refractivity contribution in [2.24, 2.45) is 11.3 Å². The van der Waals surface area contributed by atoms with Crippen LogP contribution in [0.3, 0.4) is 0 Å². The average Bonchev–Trinajstić information content (AvgIpc) is 2.44. The molecule has 0 aromatic carbocycles. The predicted molar refractivity (Wildman–Crippen MR) is 90.0 cm³/mol. The number of carbonyl (C=O) groups excluding carboxylic acids is 1. The summed E-state index contributed by atoms with van der Waals surface area (Å²) in [6, 6.07) is -0.200. The monoisotopic (exact) mass is 314 g/mol. The number of piperazine rings is 1. The molecular weight excluding hydrogens is 280 g/mol. The lowest BCUT2D eigenvalue weighted by atomic mass is 9.89. The summed E-state index contributed by atoms with van der Waals surface area (Å²) >= 11 is 0. The number of aliphatic hydroxyl groups excluding tert-OH is 1. The van der Waals surface area contributed by atoms with Crippen LogP contribution < -0.4 is 10.6 Å². The van der Waals surface area contributed by atoms with Gasteiger partial charge < -0.3 is 25.5 Å². The van der Waals surface area contributed by atoms with E-state index in [0.29, 0.717) is 12.5 Å². The van der Waals surface area contributed by atoms with Crippen LogP contribution >= 0.6 is 0 Å². The van der Waals surface area contributed by atoms with E-state index in [1.165, 1.54) is 0 Å². The molecule has 1 heterocycles. The number of carbonyl (C=O) groups is 1. The number of aliphatic hydroxyl groups is 1. The molecule has 0 aromatic heterocycles. The number of hydrogen-bond acceptors (Lipinski definition) is 4. The van der Waals surface area contributed by atoms with Gasteiger partial charge in [-0.1, -0.05) is 27.7 Å². The summed E-state index contributed by atoms with van der Waals surface area (Å²) in [7, 11) is 2.15. The summed E-state index contributed by atoms with van der Waals surface area (Å²) in [5, 5.41) is 15.5. The minimum Gasteiger partial charge on any atom is -0.391 e. The fraction of sp³-hybridized carbons (Fsp3) is 0.938. The Morgan fingerprint density at radius 1 is 1.14 bits per heavy atom. The van der Waals surface area contributed by atoms with E-state index in [4.69, 9.17) is 0 Å². The highest BCUT2D eigenvalue weighted by Crippen LogP contribution is 2.17. The van der Waals surface area contributed by atoms with Gasteiger partial charge in [-0.25, -0.2) is 4.79 Å². The molecule has 0 radical (unpaired) electrons. The van der Waals surface area contributed by atoms with Crippen molar-refractivity contribution in [3.63, 3.8) is 0 Å². The Morgan fingerprint density at radius 3 is 2.23 bits per heavy atom. The highest BCUT2D eigenvalue weighted by Gasteiger charge is 2.22. The van der Waals surface area contributed by atoms with Gasteiger partial charge in [-0.2, -0.15) is 0 Å². The van der Waals surface area contributed by atoms with Crippen molar-refractivity contribution < 1.29 is 9.90 Å². The Bertz CT molecular complexity index is 336. The van der Waals surface area contributed by atoms with Crippen LogP contribution in [0, 0.1) is 11.3 Å². The van der Waals surface area contributed by atoms with Crippen molar-refractivity contribution in [3.05, 3.63) is 0 Å². The normalized spacial score (nSPS) is 20.5. The standard InChI is InChI=1S/C16H34N4O2/c1-13(12-20-8-6-19(5)7-9-20)10-17-15(22)18-11-14(21)16(2,3)4/h13-14,21H,6-12H2,1-5H3,(H2,17,18,22). The summed E-state index contributed by atoms with van der Waals surface area (Å²) in [5.41, 5.74) is -0.220. The quantitative estimate of drug-likeness (QED) is 0.671. The number of amides is 2. The molecule has 22 heavy (non-hydrogen) atoms. The third-order valence-corrected chi connectivity index (χ3v) is 4.23. The Kier molecular flexibility index (Phi) is 7.59. The van der Waals surface area contributed by atoms with E-state index in [9.17, 15) is 9.90 Å². The second kappa shape index (κ2) is 8.70. The van der Waals surface area contributed by atoms with Crippen LogP contribution in [0.2, 0.25) is 0 Å². The molecule has 1 saturated heterocycles. The number of urea groups is 1. The lowest BCUT2D eigenvalue weighted by molar-refractivity contribution is 0.0649. The first-order chi connectivity index (χ1) is 10.2. The third kappa shape index (κ3) is 7.42. The fourth-order valence-corrected chi connectivity index (χ4v) is 2.36. The summed E-state index contributed by atoms with van der Waals surface area (Å²) in [5.74, 6) is 0.418. The molecule has 2 unspecified atom stereocenters. The van der Waals surface area contributed by atoms with Crippen LogP contribution in [0.5, 0.6) is 0 Å². The van der Waals surface area contributed by atoms with E-state index in [-0.39, 0.29) is 18.0 Å². The lowest BCUT2D eigenvalue weighted by Gasteiger charge is -2.34. The molecule has 3 N–H and O–H groups in total. The second-order valence-corrected chi connectivity index (χ2v) is 7.68. The predicted octanol–water partition coefficient (Wildman–Crippen LogP) is 0.576. The molecule has 6 nitrogen and oxygen atoms in total. The first kappa shape index (κ1) is 19.2. The van der Waals surface area contributed by atoms with E-state index >= 15 is 0 Å². The van der Waals surface area contributed by atoms with Crippen molar-refractivity contribution in [1.82, 2.24) is 20.4 Å². The van der Waals surface area contributed by atoms with Gasteiger partial charge in [0, 0.05) is 45.8 Å². The number of nitrogens with one attached hydrogen (secondary N) is 2. The van der Waals surface area contributed by atoms with Gasteiger partial charge in [0.1, 0.15) is 0 Å². The van der Waals surface area contributed by atoms with Gasteiger partial charge in [-0.3, -0.25) is 0 Å². The zero-order chi connectivity index (χ0) is 16.8. The van der Waals surface area contributed by atoms with Gasteiger partial charge in [0.2, 0.25) is 0 Å². The van der Waals surface area contributed by atoms with Crippen molar-refractivity contribution in [3.8, 4) is 0 Å². The highest BCUT2D eigenvalue weighted by molar-refractivity contribution is 5.73. The molecule has 0 aliphatic carbocycles. The third-order valence-electron chi connectivity index (χ3n) is 4.23. The summed E-state index contributed by atoms with van der Waals surface area (Å²) in [6.07, 6.45) is -0.541. The maximum absolute atomic E-state index is 11.8. The maximum Gasteiger partial charge on any atom is 0.314 e. The topological polar surface area (TPSA) is 67.8 Å². The van der Waals surface area contributed by atoms with Gasteiger partial charge in [-0.05, 0) is 18.4 Å². The fourth-order valence-electron chi connectivity index (χ4n) is 2.36. The van der Waals surface area contributed by atoms with Gasteiger partial charge >= 0.3 is 6.03 Å². The molecule has 1 fully saturated rings. The molecule has 1 aliphatic heterocycles. The molecule has 0 aromatic rings. The van der Waals surface area contributed by atoms with E-state index in [1.807, 2.05) is 20.8 Å². The number of rotatable bonds is 6. The summed E-state index contributed by atoms with van der Waals surface area (Å²) in [4.78, 5) is 16.6. The van der Waals surface area contributed by atoms with Gasteiger partial charge in [0.05, 0.1) is 6.10 Å². The average molecular weight is 314 g/mol. The molecular formula is C16H34N4O2. The SMILES string of the molecule is CC(CNC(=O)NCC(O)C(C)(C)C)CN1CCN(C)CC1. The molecule has 130 valence electrons. The number of likely N-dealkylation sites (N-methyl/N-ethyl adjacent to an activating group) is 1. The highest BCUT2D eigenvalue weighted by atomic mass is 16.3. The van der Waals surface area contributed by atoms with Crippen LogP contribution in [0.15, 0.2) is 0 Å². The van der Waals surface area contributed by atoms with Crippen LogP contribution in [-0.2, 0) is 0 Å². The molecule has 6 heteroatoms. The van der Waals surface area contributed by atoms with Crippen LogP contribution in [0.25, 0.3) is 0 Å². The maximum atomic E-state index is 11.8. The van der Waals surface area contributed by atoms with Crippen molar-refractivity contribution in [2.75, 3.05) is 52.9 Å².